The zero-order valence-electron chi connectivity index (χ0n) is 13.9. The molecule has 1 heterocycles. The largest absolute Gasteiger partial charge is 0.497 e. The summed E-state index contributed by atoms with van der Waals surface area (Å²) in [5, 5.41) is 12.6. The summed E-state index contributed by atoms with van der Waals surface area (Å²) in [6.07, 6.45) is -3.34. The van der Waals surface area contributed by atoms with E-state index in [0.717, 1.165) is 18.3 Å². The van der Waals surface area contributed by atoms with Crippen LogP contribution in [-0.4, -0.2) is 23.2 Å². The number of hydrogen-bond donors (Lipinski definition) is 2. The minimum absolute atomic E-state index is 0. The molecule has 0 aliphatic carbocycles. The van der Waals surface area contributed by atoms with Crippen molar-refractivity contribution in [3.63, 3.8) is 0 Å². The quantitative estimate of drug-likeness (QED) is 0.637. The fraction of sp³-hybridized carbons (Fsp3) is 0.111. The number of pyridine rings is 1. The first kappa shape index (κ1) is 20.3. The number of carbonyl (C=O) groups is 1. The number of fused-ring (bicyclic) bond motifs is 1. The molecular weight excluding hydrogens is 385 g/mol. The fourth-order valence-electron chi connectivity index (χ4n) is 2.51. The molecule has 5 nitrogen and oxygen atoms in total. The van der Waals surface area contributed by atoms with Crippen molar-refractivity contribution in [2.24, 2.45) is 0 Å². The number of carboxylic acids is 1. The average Bonchev–Trinajstić information content (AvgIpc) is 2.61. The molecule has 0 saturated heterocycles. The molecule has 0 aliphatic rings. The van der Waals surface area contributed by atoms with Crippen LogP contribution < -0.4 is 10.1 Å². The molecule has 9 heteroatoms. The number of nitrogens with zero attached hydrogens (tertiary/aromatic N) is 1. The van der Waals surface area contributed by atoms with Gasteiger partial charge in [0.1, 0.15) is 11.3 Å². The number of rotatable bonds is 4. The third-order valence-corrected chi connectivity index (χ3v) is 3.76. The van der Waals surface area contributed by atoms with E-state index >= 15 is 0 Å². The molecule has 0 unspecified atom stereocenters. The molecule has 0 fully saturated rings. The highest BCUT2D eigenvalue weighted by molar-refractivity contribution is 6.05. The lowest BCUT2D eigenvalue weighted by Crippen LogP contribution is -2.07. The van der Waals surface area contributed by atoms with Gasteiger partial charge in [-0.05, 0) is 36.4 Å². The van der Waals surface area contributed by atoms with E-state index in [-0.39, 0.29) is 29.3 Å². The number of aromatic nitrogens is 1. The predicted molar refractivity (Wildman–Crippen MR) is 97.2 cm³/mol. The summed E-state index contributed by atoms with van der Waals surface area (Å²) in [7, 11) is 1.45. The van der Waals surface area contributed by atoms with Crippen LogP contribution in [0.25, 0.3) is 10.9 Å². The van der Waals surface area contributed by atoms with E-state index in [0.29, 0.717) is 16.7 Å². The second-order valence-electron chi connectivity index (χ2n) is 5.44. The molecule has 0 atom stereocenters. The Labute approximate surface area is 158 Å². The number of nitrogens with one attached hydrogen (secondary N) is 1. The van der Waals surface area contributed by atoms with Crippen LogP contribution in [0.1, 0.15) is 15.9 Å². The van der Waals surface area contributed by atoms with Gasteiger partial charge in [-0.25, -0.2) is 4.79 Å². The minimum atomic E-state index is -4.50. The first-order chi connectivity index (χ1) is 12.3. The standard InChI is InChI=1S/C18H13F3N2O3.ClH/c1-26-12-5-6-15-13(8-12)16(14(9-22-15)17(24)25)23-11-4-2-3-10(7-11)18(19,20)21;/h2-9H,1H3,(H,22,23)(H,24,25);1H. The van der Waals surface area contributed by atoms with Crippen molar-refractivity contribution >= 4 is 40.7 Å². The normalized spacial score (nSPS) is 11.0. The molecular formula is C18H14ClF3N2O3. The van der Waals surface area contributed by atoms with Gasteiger partial charge < -0.3 is 15.2 Å². The smallest absolute Gasteiger partial charge is 0.416 e. The summed E-state index contributed by atoms with van der Waals surface area (Å²) in [5.74, 6) is -0.786. The molecule has 0 bridgehead atoms. The Balaban J connectivity index is 0.00000261. The van der Waals surface area contributed by atoms with Gasteiger partial charge in [-0.3, -0.25) is 4.98 Å². The van der Waals surface area contributed by atoms with Gasteiger partial charge in [0.2, 0.25) is 0 Å². The lowest BCUT2D eigenvalue weighted by atomic mass is 10.1. The number of anilines is 2. The van der Waals surface area contributed by atoms with Crippen LogP contribution in [0.2, 0.25) is 0 Å². The van der Waals surface area contributed by atoms with Gasteiger partial charge in [-0.15, -0.1) is 12.4 Å². The third-order valence-electron chi connectivity index (χ3n) is 3.76. The topological polar surface area (TPSA) is 71.5 Å². The van der Waals surface area contributed by atoms with Crippen LogP contribution in [-0.2, 0) is 6.18 Å². The Bertz CT molecular complexity index is 993. The summed E-state index contributed by atoms with van der Waals surface area (Å²) in [4.78, 5) is 15.6. The minimum Gasteiger partial charge on any atom is -0.497 e. The molecule has 0 amide bonds. The van der Waals surface area contributed by atoms with Crippen molar-refractivity contribution in [1.82, 2.24) is 4.98 Å². The van der Waals surface area contributed by atoms with Gasteiger partial charge in [0, 0.05) is 17.3 Å². The molecule has 0 aliphatic heterocycles. The van der Waals surface area contributed by atoms with E-state index < -0.39 is 17.7 Å². The SMILES string of the molecule is COc1ccc2ncc(C(=O)O)c(Nc3cccc(C(F)(F)F)c3)c2c1.Cl. The predicted octanol–water partition coefficient (Wildman–Crippen LogP) is 5.13. The van der Waals surface area contributed by atoms with Gasteiger partial charge in [0.05, 0.1) is 23.9 Å². The highest BCUT2D eigenvalue weighted by Crippen LogP contribution is 2.34. The highest BCUT2D eigenvalue weighted by atomic mass is 35.5. The van der Waals surface area contributed by atoms with Gasteiger partial charge in [0.15, 0.2) is 0 Å². The highest BCUT2D eigenvalue weighted by Gasteiger charge is 2.30. The van der Waals surface area contributed by atoms with Crippen molar-refractivity contribution in [3.05, 3.63) is 59.8 Å². The van der Waals surface area contributed by atoms with Crippen LogP contribution in [0.5, 0.6) is 5.75 Å². The summed E-state index contributed by atoms with van der Waals surface area (Å²) >= 11 is 0. The van der Waals surface area contributed by atoms with Crippen molar-refractivity contribution < 1.29 is 27.8 Å². The van der Waals surface area contributed by atoms with Gasteiger partial charge in [-0.2, -0.15) is 13.2 Å². The first-order valence-corrected chi connectivity index (χ1v) is 7.44. The second kappa shape index (κ2) is 7.71. The monoisotopic (exact) mass is 398 g/mol. The Morgan fingerprint density at radius 2 is 1.93 bits per heavy atom. The number of halogens is 4. The molecule has 2 aromatic carbocycles. The van der Waals surface area contributed by atoms with Gasteiger partial charge >= 0.3 is 12.1 Å². The van der Waals surface area contributed by atoms with Crippen LogP contribution in [0, 0.1) is 0 Å². The third kappa shape index (κ3) is 4.22. The molecule has 0 radical (unpaired) electrons. The van der Waals surface area contributed by atoms with Crippen LogP contribution in [0.4, 0.5) is 24.5 Å². The zero-order valence-corrected chi connectivity index (χ0v) is 14.7. The van der Waals surface area contributed by atoms with Crippen molar-refractivity contribution in [2.45, 2.75) is 6.18 Å². The summed E-state index contributed by atoms with van der Waals surface area (Å²) in [6, 6.07) is 9.39. The Hall–Kier alpha value is -3.00. The fourth-order valence-corrected chi connectivity index (χ4v) is 2.51. The van der Waals surface area contributed by atoms with E-state index in [9.17, 15) is 23.1 Å². The summed E-state index contributed by atoms with van der Waals surface area (Å²) in [6.45, 7) is 0. The van der Waals surface area contributed by atoms with Crippen LogP contribution in [0.3, 0.4) is 0 Å². The van der Waals surface area contributed by atoms with E-state index in [1.807, 2.05) is 0 Å². The Morgan fingerprint density at radius 3 is 2.56 bits per heavy atom. The van der Waals surface area contributed by atoms with Crippen LogP contribution >= 0.6 is 12.4 Å². The maximum Gasteiger partial charge on any atom is 0.416 e. The Kier molecular flexibility index (Phi) is 5.80. The number of carboxylic acid groups (broad SMARTS) is 1. The number of aromatic carboxylic acids is 1. The molecule has 3 rings (SSSR count). The number of hydrogen-bond acceptors (Lipinski definition) is 4. The molecule has 1 aromatic heterocycles. The number of methoxy groups -OCH3 is 1. The maximum atomic E-state index is 12.9. The van der Waals surface area contributed by atoms with Gasteiger partial charge in [0.25, 0.3) is 0 Å². The maximum absolute atomic E-state index is 12.9. The first-order valence-electron chi connectivity index (χ1n) is 7.44. The summed E-state index contributed by atoms with van der Waals surface area (Å²) < 4.78 is 43.9. The molecule has 2 N–H and O–H groups in total. The van der Waals surface area contributed by atoms with E-state index in [1.54, 1.807) is 18.2 Å². The lowest BCUT2D eigenvalue weighted by Gasteiger charge is -2.15. The number of benzene rings is 2. The van der Waals surface area contributed by atoms with Crippen molar-refractivity contribution in [3.8, 4) is 5.75 Å². The van der Waals surface area contributed by atoms with E-state index in [1.165, 1.54) is 19.2 Å². The lowest BCUT2D eigenvalue weighted by molar-refractivity contribution is -0.137. The van der Waals surface area contributed by atoms with E-state index in [4.69, 9.17) is 4.74 Å². The molecule has 0 spiro atoms. The number of alkyl halides is 3. The van der Waals surface area contributed by atoms with Crippen molar-refractivity contribution in [2.75, 3.05) is 12.4 Å². The zero-order chi connectivity index (χ0) is 18.9. The number of ether oxygens (including phenoxy) is 1. The van der Waals surface area contributed by atoms with Crippen LogP contribution in [0.15, 0.2) is 48.7 Å². The van der Waals surface area contributed by atoms with Crippen molar-refractivity contribution in [1.29, 1.82) is 0 Å². The molecule has 142 valence electrons. The average molecular weight is 399 g/mol. The summed E-state index contributed by atoms with van der Waals surface area (Å²) in [5.41, 5.74) is -0.276. The Morgan fingerprint density at radius 1 is 1.19 bits per heavy atom. The molecule has 0 saturated carbocycles. The van der Waals surface area contributed by atoms with Gasteiger partial charge in [-0.1, -0.05) is 6.07 Å². The second-order valence-corrected chi connectivity index (χ2v) is 5.44. The molecule has 27 heavy (non-hydrogen) atoms. The van der Waals surface area contributed by atoms with E-state index in [2.05, 4.69) is 10.3 Å². The molecule has 3 aromatic rings.